The summed E-state index contributed by atoms with van der Waals surface area (Å²) in [4.78, 5) is 10.7. The van der Waals surface area contributed by atoms with E-state index in [0.717, 1.165) is 43.4 Å². The number of nitrogens with zero attached hydrogens (tertiary/aromatic N) is 2. The van der Waals surface area contributed by atoms with Crippen LogP contribution in [-0.4, -0.2) is 15.1 Å². The molecule has 0 atom stereocenters. The van der Waals surface area contributed by atoms with Crippen molar-refractivity contribution in [2.45, 2.75) is 62.3 Å². The molecule has 240 valence electrons. The van der Waals surface area contributed by atoms with Crippen molar-refractivity contribution in [2.24, 2.45) is 0 Å². The summed E-state index contributed by atoms with van der Waals surface area (Å²) >= 11 is 1.58. The van der Waals surface area contributed by atoms with E-state index >= 15 is 0 Å². The molecule has 0 aliphatic heterocycles. The number of benzene rings is 4. The number of pyridine rings is 2. The van der Waals surface area contributed by atoms with Gasteiger partial charge in [0, 0.05) is 32.8 Å². The second-order valence-corrected chi connectivity index (χ2v) is 14.8. The van der Waals surface area contributed by atoms with E-state index in [2.05, 4.69) is 119 Å². The number of phenols is 1. The van der Waals surface area contributed by atoms with Crippen LogP contribution in [-0.2, 0) is 31.9 Å². The van der Waals surface area contributed by atoms with Crippen LogP contribution in [0.3, 0.4) is 0 Å². The molecule has 5 heteroatoms. The first-order chi connectivity index (χ1) is 21.9. The molecule has 3 nitrogen and oxygen atoms in total. The van der Waals surface area contributed by atoms with Gasteiger partial charge in [-0.15, -0.1) is 23.8 Å². The molecular formula is C42H39N2OPtS-. The number of aromatic nitrogens is 2. The van der Waals surface area contributed by atoms with Crippen LogP contribution in [0.25, 0.3) is 44.8 Å². The maximum absolute atomic E-state index is 10.9. The molecular weight excluding hydrogens is 776 g/mol. The monoisotopic (exact) mass is 814 g/mol. The zero-order chi connectivity index (χ0) is 32.5. The Kier molecular flexibility index (Phi) is 10.2. The molecule has 0 unspecified atom stereocenters. The number of aromatic hydroxyl groups is 1. The summed E-state index contributed by atoms with van der Waals surface area (Å²) in [5, 5.41) is 11.8. The number of hydrogen-bond donors (Lipinski definition) is 1. The van der Waals surface area contributed by atoms with Crippen LogP contribution < -0.4 is 0 Å². The fraction of sp³-hybridized carbons (Fsp3) is 0.190. The van der Waals surface area contributed by atoms with Crippen molar-refractivity contribution in [3.05, 3.63) is 139 Å². The molecule has 0 spiro atoms. The summed E-state index contributed by atoms with van der Waals surface area (Å²) < 4.78 is 0. The van der Waals surface area contributed by atoms with E-state index in [1.165, 1.54) is 11.1 Å². The number of phenolic OH excluding ortho intramolecular Hbond substituents is 1. The zero-order valence-corrected chi connectivity index (χ0v) is 30.7. The smallest absolute Gasteiger partial charge is 0.124 e. The first-order valence-electron chi connectivity index (χ1n) is 15.6. The molecule has 0 bridgehead atoms. The van der Waals surface area contributed by atoms with E-state index in [1.807, 2.05) is 48.7 Å². The van der Waals surface area contributed by atoms with E-state index < -0.39 is 0 Å². The molecule has 47 heavy (non-hydrogen) atoms. The molecule has 0 radical (unpaired) electrons. The second-order valence-electron chi connectivity index (χ2n) is 13.7. The Morgan fingerprint density at radius 1 is 0.596 bits per heavy atom. The summed E-state index contributed by atoms with van der Waals surface area (Å²) in [6, 6.07) is 42.9. The van der Waals surface area contributed by atoms with Crippen LogP contribution >= 0.6 is 11.8 Å². The Bertz CT molecular complexity index is 1960. The molecule has 6 aromatic rings. The van der Waals surface area contributed by atoms with E-state index in [-0.39, 0.29) is 37.6 Å². The van der Waals surface area contributed by atoms with Crippen molar-refractivity contribution in [3.8, 4) is 50.5 Å². The molecule has 0 aliphatic rings. The van der Waals surface area contributed by atoms with E-state index in [1.54, 1.807) is 17.8 Å². The average molecular weight is 815 g/mol. The van der Waals surface area contributed by atoms with Gasteiger partial charge in [-0.05, 0) is 74.7 Å². The minimum Gasteiger partial charge on any atom is -0.507 e. The Hall–Kier alpha value is -3.98. The van der Waals surface area contributed by atoms with Gasteiger partial charge in [0.15, 0.2) is 0 Å². The normalized spacial score (nSPS) is 11.6. The van der Waals surface area contributed by atoms with Crippen molar-refractivity contribution in [2.75, 3.05) is 0 Å². The maximum atomic E-state index is 10.9. The largest absolute Gasteiger partial charge is 0.507 e. The maximum Gasteiger partial charge on any atom is 0.124 e. The van der Waals surface area contributed by atoms with Crippen LogP contribution in [0.2, 0.25) is 0 Å². The predicted octanol–water partition coefficient (Wildman–Crippen LogP) is 11.4. The van der Waals surface area contributed by atoms with Crippen molar-refractivity contribution >= 4 is 11.8 Å². The van der Waals surface area contributed by atoms with E-state index in [4.69, 9.17) is 4.98 Å². The van der Waals surface area contributed by atoms with E-state index in [9.17, 15) is 5.11 Å². The molecule has 2 aromatic heterocycles. The summed E-state index contributed by atoms with van der Waals surface area (Å²) in [7, 11) is 0. The molecule has 6 rings (SSSR count). The van der Waals surface area contributed by atoms with Gasteiger partial charge in [0.05, 0.1) is 10.7 Å². The minimum absolute atomic E-state index is 0. The number of rotatable bonds is 6. The SMILES string of the molecule is CC(C)(C)c1cc(-c2cc(-c3[c-]c(Sc4ccccn4)cc(-c4ccccc4)c3)nc(-c3ccccc3O)c2)cc(C(C)(C)C)c1.[Pt]. The third kappa shape index (κ3) is 8.12. The van der Waals surface area contributed by atoms with Crippen molar-refractivity contribution in [1.29, 1.82) is 0 Å². The van der Waals surface area contributed by atoms with Crippen LogP contribution in [0.1, 0.15) is 52.7 Å². The molecule has 0 saturated heterocycles. The Labute approximate surface area is 297 Å². The van der Waals surface area contributed by atoms with Crippen LogP contribution in [0.5, 0.6) is 5.75 Å². The minimum atomic E-state index is -0.0260. The first kappa shape index (κ1) is 34.4. The standard InChI is InChI=1S/C42H39N2OS.Pt/c1-41(2,3)33-21-30(22-34(27-33)42(4,5)6)31-25-37(44-38(26-31)36-16-10-11-17-39(36)45)32-20-29(28-14-8-7-9-15-28)23-35(24-32)46-40-18-12-13-19-43-40;/h7-23,25-27,45H,1-6H3;/q-1;. The Balaban J connectivity index is 0.00000433. The summed E-state index contributed by atoms with van der Waals surface area (Å²) in [6.45, 7) is 13.6. The number of hydrogen-bond acceptors (Lipinski definition) is 4. The third-order valence-corrected chi connectivity index (χ3v) is 8.97. The van der Waals surface area contributed by atoms with Gasteiger partial charge in [-0.2, -0.15) is 0 Å². The molecule has 1 N–H and O–H groups in total. The second kappa shape index (κ2) is 14.0. The molecule has 0 saturated carbocycles. The average Bonchev–Trinajstić information content (AvgIpc) is 3.04. The van der Waals surface area contributed by atoms with Gasteiger partial charge in [0.2, 0.25) is 0 Å². The summed E-state index contributed by atoms with van der Waals surface area (Å²) in [6.07, 6.45) is 1.81. The molecule has 2 heterocycles. The topological polar surface area (TPSA) is 46.0 Å². The fourth-order valence-electron chi connectivity index (χ4n) is 5.38. The summed E-state index contributed by atoms with van der Waals surface area (Å²) in [5.74, 6) is 0.199. The molecule has 4 aromatic carbocycles. The van der Waals surface area contributed by atoms with Crippen molar-refractivity contribution < 1.29 is 26.2 Å². The van der Waals surface area contributed by atoms with E-state index in [0.29, 0.717) is 11.3 Å². The first-order valence-corrected chi connectivity index (χ1v) is 16.4. The summed E-state index contributed by atoms with van der Waals surface area (Å²) in [5.41, 5.74) is 9.93. The van der Waals surface area contributed by atoms with Gasteiger partial charge in [0.1, 0.15) is 5.75 Å². The van der Waals surface area contributed by atoms with Crippen molar-refractivity contribution in [3.63, 3.8) is 0 Å². The van der Waals surface area contributed by atoms with Crippen LogP contribution in [0.15, 0.2) is 131 Å². The Morgan fingerprint density at radius 3 is 1.83 bits per heavy atom. The Morgan fingerprint density at radius 2 is 1.19 bits per heavy atom. The molecule has 0 aliphatic carbocycles. The predicted molar refractivity (Wildman–Crippen MR) is 192 cm³/mol. The van der Waals surface area contributed by atoms with Gasteiger partial charge in [0.25, 0.3) is 0 Å². The van der Waals surface area contributed by atoms with Gasteiger partial charge in [-0.25, -0.2) is 4.98 Å². The third-order valence-electron chi connectivity index (χ3n) is 8.08. The quantitative estimate of drug-likeness (QED) is 0.170. The van der Waals surface area contributed by atoms with Crippen LogP contribution in [0.4, 0.5) is 0 Å². The fourth-order valence-corrected chi connectivity index (χ4v) is 6.21. The van der Waals surface area contributed by atoms with Gasteiger partial charge < -0.3 is 5.11 Å². The number of para-hydroxylation sites is 1. The molecule has 0 amide bonds. The molecule has 0 fully saturated rings. The van der Waals surface area contributed by atoms with Gasteiger partial charge in [-0.1, -0.05) is 137 Å². The zero-order valence-electron chi connectivity index (χ0n) is 27.6. The van der Waals surface area contributed by atoms with Crippen molar-refractivity contribution in [1.82, 2.24) is 9.97 Å². The van der Waals surface area contributed by atoms with Gasteiger partial charge in [-0.3, -0.25) is 4.98 Å². The van der Waals surface area contributed by atoms with Gasteiger partial charge >= 0.3 is 0 Å². The van der Waals surface area contributed by atoms with Crippen LogP contribution in [0, 0.1) is 6.07 Å².